The van der Waals surface area contributed by atoms with Gasteiger partial charge >= 0.3 is 0 Å². The van der Waals surface area contributed by atoms with Crippen molar-refractivity contribution in [3.8, 4) is 0 Å². The molecule has 2 aromatic carbocycles. The topological polar surface area (TPSA) is 71.8 Å². The zero-order chi connectivity index (χ0) is 19.5. The van der Waals surface area contributed by atoms with Crippen molar-refractivity contribution >= 4 is 35.0 Å². The number of fused-ring (bicyclic) bond motifs is 1. The van der Waals surface area contributed by atoms with Gasteiger partial charge in [-0.2, -0.15) is 0 Å². The molecule has 3 aromatic rings. The van der Waals surface area contributed by atoms with Gasteiger partial charge in [-0.3, -0.25) is 4.79 Å². The molecule has 0 spiro atoms. The van der Waals surface area contributed by atoms with Gasteiger partial charge in [-0.05, 0) is 36.2 Å². The second kappa shape index (κ2) is 8.24. The minimum atomic E-state index is -0.399. The Hall–Kier alpha value is -2.51. The summed E-state index contributed by atoms with van der Waals surface area (Å²) in [5, 5.41) is 12.5. The van der Waals surface area contributed by atoms with Gasteiger partial charge in [0.2, 0.25) is 11.1 Å². The van der Waals surface area contributed by atoms with Crippen molar-refractivity contribution in [1.29, 1.82) is 0 Å². The zero-order valence-corrected chi connectivity index (χ0v) is 16.9. The van der Waals surface area contributed by atoms with Crippen molar-refractivity contribution in [2.45, 2.75) is 36.2 Å². The molecule has 4 rings (SSSR count). The maximum atomic E-state index is 13.1. The maximum absolute atomic E-state index is 13.1. The van der Waals surface area contributed by atoms with Gasteiger partial charge in [-0.1, -0.05) is 60.6 Å². The van der Waals surface area contributed by atoms with Gasteiger partial charge in [0.15, 0.2) is 5.82 Å². The maximum Gasteiger partial charge on any atom is 0.240 e. The zero-order valence-electron chi connectivity index (χ0n) is 15.3. The summed E-state index contributed by atoms with van der Waals surface area (Å²) in [7, 11) is 0. The van der Waals surface area contributed by atoms with Gasteiger partial charge in [-0.25, -0.2) is 4.68 Å². The molecule has 0 fully saturated rings. The number of thioether (sulfide) groups is 1. The highest BCUT2D eigenvalue weighted by molar-refractivity contribution is 8.00. The van der Waals surface area contributed by atoms with Crippen LogP contribution >= 0.6 is 23.4 Å². The average molecular weight is 414 g/mol. The number of halogens is 1. The molecule has 8 heteroatoms. The quantitative estimate of drug-likeness (QED) is 0.653. The fourth-order valence-corrected chi connectivity index (χ4v) is 4.37. The second-order valence-corrected chi connectivity index (χ2v) is 8.08. The van der Waals surface area contributed by atoms with Gasteiger partial charge in [0.25, 0.3) is 0 Å². The molecule has 2 heterocycles. The van der Waals surface area contributed by atoms with E-state index in [9.17, 15) is 4.79 Å². The molecule has 0 radical (unpaired) electrons. The third kappa shape index (κ3) is 3.86. The molecule has 144 valence electrons. The Kier molecular flexibility index (Phi) is 5.54. The average Bonchev–Trinajstić information content (AvgIpc) is 3.12. The highest BCUT2D eigenvalue weighted by Crippen LogP contribution is 2.37. The van der Waals surface area contributed by atoms with E-state index in [1.54, 1.807) is 24.3 Å². The van der Waals surface area contributed by atoms with E-state index in [4.69, 9.17) is 11.6 Å². The van der Waals surface area contributed by atoms with Crippen molar-refractivity contribution in [3.05, 3.63) is 71.0 Å². The summed E-state index contributed by atoms with van der Waals surface area (Å²) >= 11 is 7.37. The molecule has 2 N–H and O–H groups in total. The summed E-state index contributed by atoms with van der Waals surface area (Å²) < 4.78 is 1.91. The highest BCUT2D eigenvalue weighted by Gasteiger charge is 2.37. The standard InChI is InChI=1S/C20H20ClN5OS/c1-2-6-16-23-24-20-26(16)25-17(13-7-4-3-5-8-13)18(28-20)19(27)22-15-11-9-14(21)10-12-15/h3-5,7-12,17-18,25H,2,6H2,1H3,(H,22,27)/t17-,18-/m0/s1. The second-order valence-electron chi connectivity index (χ2n) is 6.54. The molecule has 6 nitrogen and oxygen atoms in total. The number of hydrogen-bond donors (Lipinski definition) is 2. The molecule has 0 unspecified atom stereocenters. The molecule has 1 aliphatic rings. The van der Waals surface area contributed by atoms with Crippen molar-refractivity contribution < 1.29 is 4.79 Å². The van der Waals surface area contributed by atoms with Crippen LogP contribution in [0.1, 0.15) is 30.8 Å². The Labute approximate surface area is 172 Å². The van der Waals surface area contributed by atoms with Crippen LogP contribution in [0.2, 0.25) is 5.02 Å². The van der Waals surface area contributed by atoms with Gasteiger partial charge < -0.3 is 10.7 Å². The van der Waals surface area contributed by atoms with Crippen LogP contribution in [0.15, 0.2) is 59.8 Å². The number of aromatic nitrogens is 3. The van der Waals surface area contributed by atoms with Crippen LogP contribution in [0.4, 0.5) is 5.69 Å². The minimum Gasteiger partial charge on any atom is -0.325 e. The highest BCUT2D eigenvalue weighted by atomic mass is 35.5. The van der Waals surface area contributed by atoms with Crippen LogP contribution < -0.4 is 10.7 Å². The lowest BCUT2D eigenvalue weighted by atomic mass is 10.0. The SMILES string of the molecule is CCCc1nnc2n1N[C@@H](c1ccccc1)[C@@H](C(=O)Nc1ccc(Cl)cc1)S2. The van der Waals surface area contributed by atoms with E-state index in [0.29, 0.717) is 15.9 Å². The molecule has 1 aromatic heterocycles. The largest absolute Gasteiger partial charge is 0.325 e. The molecule has 2 atom stereocenters. The Morgan fingerprint density at radius 3 is 2.64 bits per heavy atom. The molecule has 1 aliphatic heterocycles. The summed E-state index contributed by atoms with van der Waals surface area (Å²) in [4.78, 5) is 13.1. The molecule has 0 aliphatic carbocycles. The predicted octanol–water partition coefficient (Wildman–Crippen LogP) is 4.28. The fraction of sp³-hybridized carbons (Fsp3) is 0.250. The van der Waals surface area contributed by atoms with Gasteiger partial charge in [0, 0.05) is 17.1 Å². The Morgan fingerprint density at radius 2 is 1.93 bits per heavy atom. The lowest BCUT2D eigenvalue weighted by molar-refractivity contribution is -0.116. The summed E-state index contributed by atoms with van der Waals surface area (Å²) in [5.74, 6) is 0.780. The van der Waals surface area contributed by atoms with Crippen molar-refractivity contribution in [3.63, 3.8) is 0 Å². The van der Waals surface area contributed by atoms with Crippen LogP contribution in [-0.4, -0.2) is 26.0 Å². The van der Waals surface area contributed by atoms with Crippen LogP contribution in [0.5, 0.6) is 0 Å². The molecular formula is C20H20ClN5OS. The van der Waals surface area contributed by atoms with E-state index >= 15 is 0 Å². The van der Waals surface area contributed by atoms with Crippen molar-refractivity contribution in [2.24, 2.45) is 0 Å². The van der Waals surface area contributed by atoms with Crippen molar-refractivity contribution in [1.82, 2.24) is 14.9 Å². The molecule has 1 amide bonds. The lowest BCUT2D eigenvalue weighted by Crippen LogP contribution is -2.41. The first-order chi connectivity index (χ1) is 13.7. The van der Waals surface area contributed by atoms with Crippen LogP contribution in [0.25, 0.3) is 0 Å². The normalized spacial score (nSPS) is 18.2. The molecule has 28 heavy (non-hydrogen) atoms. The van der Waals surface area contributed by atoms with Crippen LogP contribution in [-0.2, 0) is 11.2 Å². The summed E-state index contributed by atoms with van der Waals surface area (Å²) in [6.07, 6.45) is 1.80. The van der Waals surface area contributed by atoms with Gasteiger partial charge in [0.05, 0.1) is 6.04 Å². The summed E-state index contributed by atoms with van der Waals surface area (Å²) in [6.45, 7) is 2.11. The number of hydrogen-bond acceptors (Lipinski definition) is 5. The fourth-order valence-electron chi connectivity index (χ4n) is 3.14. The third-order valence-corrected chi connectivity index (χ3v) is 5.97. The smallest absolute Gasteiger partial charge is 0.240 e. The van der Waals surface area contributed by atoms with E-state index in [1.165, 1.54) is 11.8 Å². The molecule has 0 saturated carbocycles. The number of rotatable bonds is 5. The number of aryl methyl sites for hydroxylation is 1. The number of benzene rings is 2. The first kappa shape index (κ1) is 18.8. The number of carbonyl (C=O) groups is 1. The number of nitrogens with one attached hydrogen (secondary N) is 2. The third-order valence-electron chi connectivity index (χ3n) is 4.51. The number of anilines is 1. The monoisotopic (exact) mass is 413 g/mol. The van der Waals surface area contributed by atoms with Crippen LogP contribution in [0.3, 0.4) is 0 Å². The van der Waals surface area contributed by atoms with E-state index in [0.717, 1.165) is 24.2 Å². The molecular weight excluding hydrogens is 394 g/mol. The Morgan fingerprint density at radius 1 is 1.18 bits per heavy atom. The van der Waals surface area contributed by atoms with E-state index in [1.807, 2.05) is 35.0 Å². The first-order valence-electron chi connectivity index (χ1n) is 9.14. The number of carbonyl (C=O) groups excluding carboxylic acids is 1. The molecule has 0 bridgehead atoms. The van der Waals surface area contributed by atoms with E-state index in [2.05, 4.69) is 27.9 Å². The summed E-state index contributed by atoms with van der Waals surface area (Å²) in [5.41, 5.74) is 5.21. The first-order valence-corrected chi connectivity index (χ1v) is 10.4. The minimum absolute atomic E-state index is 0.0973. The number of amides is 1. The van der Waals surface area contributed by atoms with Gasteiger partial charge in [0.1, 0.15) is 5.25 Å². The Bertz CT molecular complexity index is 960. The summed E-state index contributed by atoms with van der Waals surface area (Å²) in [6, 6.07) is 16.9. The van der Waals surface area contributed by atoms with Crippen LogP contribution in [0, 0.1) is 0 Å². The predicted molar refractivity (Wildman–Crippen MR) is 112 cm³/mol. The lowest BCUT2D eigenvalue weighted by Gasteiger charge is -2.33. The van der Waals surface area contributed by atoms with Gasteiger partial charge in [-0.15, -0.1) is 10.2 Å². The molecule has 0 saturated heterocycles. The van der Waals surface area contributed by atoms with Crippen molar-refractivity contribution in [2.75, 3.05) is 10.7 Å². The Balaban J connectivity index is 1.64. The number of nitrogens with zero attached hydrogens (tertiary/aromatic N) is 3. The van der Waals surface area contributed by atoms with E-state index in [-0.39, 0.29) is 11.9 Å². The van der Waals surface area contributed by atoms with E-state index < -0.39 is 5.25 Å².